The van der Waals surface area contributed by atoms with E-state index in [0.29, 0.717) is 0 Å². The molecule has 0 aliphatic heterocycles. The smallest absolute Gasteiger partial charge is 0.328 e. The molecule has 0 saturated carbocycles. The van der Waals surface area contributed by atoms with Crippen LogP contribution in [0.3, 0.4) is 0 Å². The molecular formula is C5H10N2O2S. The Balaban J connectivity index is 4.05. The van der Waals surface area contributed by atoms with Crippen molar-refractivity contribution in [3.63, 3.8) is 0 Å². The van der Waals surface area contributed by atoms with Crippen LogP contribution in [-0.2, 0) is 4.79 Å². The molecule has 0 amide bonds. The van der Waals surface area contributed by atoms with Crippen LogP contribution in [0.15, 0.2) is 12.8 Å². The number of hydrogen-bond donors (Lipinski definition) is 3. The molecule has 5 heteroatoms. The second-order valence-electron chi connectivity index (χ2n) is 1.67. The molecule has 0 aromatic carbocycles. The molecule has 0 unspecified atom stereocenters. The van der Waals surface area contributed by atoms with Crippen molar-refractivity contribution >= 4 is 18.6 Å². The van der Waals surface area contributed by atoms with E-state index >= 15 is 0 Å². The van der Waals surface area contributed by atoms with Crippen molar-refractivity contribution in [1.82, 2.24) is 5.01 Å². The molecule has 0 aliphatic rings. The first-order valence-electron chi connectivity index (χ1n) is 2.62. The number of carboxylic acid groups (broad SMARTS) is 1. The fraction of sp³-hybridized carbons (Fsp3) is 0.400. The summed E-state index contributed by atoms with van der Waals surface area (Å²) in [5.74, 6) is 4.38. The van der Waals surface area contributed by atoms with E-state index in [0.717, 1.165) is 5.01 Å². The summed E-state index contributed by atoms with van der Waals surface area (Å²) in [6.45, 7) is 3.32. The minimum atomic E-state index is -1.00. The molecule has 0 fully saturated rings. The second-order valence-corrected chi connectivity index (χ2v) is 2.03. The van der Waals surface area contributed by atoms with Crippen molar-refractivity contribution in [2.75, 3.05) is 5.75 Å². The minimum Gasteiger partial charge on any atom is -0.480 e. The van der Waals surface area contributed by atoms with Gasteiger partial charge >= 0.3 is 5.97 Å². The zero-order chi connectivity index (χ0) is 8.15. The molecule has 0 bridgehead atoms. The monoisotopic (exact) mass is 162 g/mol. The van der Waals surface area contributed by atoms with Gasteiger partial charge in [0.05, 0.1) is 0 Å². The standard InChI is InChI=1S/C5H10N2O2S/c1-2-7(6)4(3-10)5(8)9/h2,4,10H,1,3,6H2,(H,8,9)/t4-/m1/s1. The SMILES string of the molecule is C=CN(N)[C@H](CS)C(=O)O. The van der Waals surface area contributed by atoms with E-state index in [1.165, 1.54) is 6.20 Å². The summed E-state index contributed by atoms with van der Waals surface area (Å²) in [5.41, 5.74) is 0. The Hall–Kier alpha value is -0.680. The first-order valence-corrected chi connectivity index (χ1v) is 3.26. The van der Waals surface area contributed by atoms with Crippen molar-refractivity contribution in [3.05, 3.63) is 12.8 Å². The Kier molecular flexibility index (Phi) is 3.90. The predicted molar refractivity (Wildman–Crippen MR) is 41.5 cm³/mol. The number of carbonyl (C=O) groups is 1. The van der Waals surface area contributed by atoms with E-state index in [1.807, 2.05) is 0 Å². The van der Waals surface area contributed by atoms with Gasteiger partial charge in [0.15, 0.2) is 6.04 Å². The number of hydrogen-bond acceptors (Lipinski definition) is 4. The number of nitrogens with two attached hydrogens (primary N) is 1. The van der Waals surface area contributed by atoms with E-state index < -0.39 is 12.0 Å². The molecule has 58 valence electrons. The number of thiol groups is 1. The highest BCUT2D eigenvalue weighted by Crippen LogP contribution is 1.95. The van der Waals surface area contributed by atoms with Gasteiger partial charge in [0, 0.05) is 12.0 Å². The van der Waals surface area contributed by atoms with Crippen molar-refractivity contribution < 1.29 is 9.90 Å². The fourth-order valence-electron chi connectivity index (χ4n) is 0.427. The van der Waals surface area contributed by atoms with Gasteiger partial charge in [-0.25, -0.2) is 10.6 Å². The van der Waals surface area contributed by atoms with Crippen molar-refractivity contribution in [2.45, 2.75) is 6.04 Å². The topological polar surface area (TPSA) is 66.6 Å². The molecule has 0 radical (unpaired) electrons. The Morgan fingerprint density at radius 1 is 2.00 bits per heavy atom. The maximum Gasteiger partial charge on any atom is 0.328 e. The van der Waals surface area contributed by atoms with Crippen LogP contribution in [0.5, 0.6) is 0 Å². The molecule has 10 heavy (non-hydrogen) atoms. The van der Waals surface area contributed by atoms with Crippen LogP contribution in [0.4, 0.5) is 0 Å². The number of hydrazine groups is 1. The molecule has 0 rings (SSSR count). The molecule has 0 aliphatic carbocycles. The van der Waals surface area contributed by atoms with Crippen LogP contribution in [0, 0.1) is 0 Å². The molecule has 0 aromatic heterocycles. The van der Waals surface area contributed by atoms with E-state index in [4.69, 9.17) is 10.9 Å². The lowest BCUT2D eigenvalue weighted by atomic mass is 10.3. The Morgan fingerprint density at radius 3 is 2.60 bits per heavy atom. The summed E-state index contributed by atoms with van der Waals surface area (Å²) in [7, 11) is 0. The van der Waals surface area contributed by atoms with E-state index in [9.17, 15) is 4.79 Å². The molecule has 0 saturated heterocycles. The summed E-state index contributed by atoms with van der Waals surface area (Å²) in [6.07, 6.45) is 1.25. The lowest BCUT2D eigenvalue weighted by Gasteiger charge is -2.19. The first-order chi connectivity index (χ1) is 4.63. The third-order valence-corrected chi connectivity index (χ3v) is 1.37. The summed E-state index contributed by atoms with van der Waals surface area (Å²) in [4.78, 5) is 10.3. The molecular weight excluding hydrogens is 152 g/mol. The van der Waals surface area contributed by atoms with E-state index in [2.05, 4.69) is 19.2 Å². The fourth-order valence-corrected chi connectivity index (χ4v) is 0.772. The van der Waals surface area contributed by atoms with Gasteiger partial charge in [-0.1, -0.05) is 6.58 Å². The van der Waals surface area contributed by atoms with E-state index in [-0.39, 0.29) is 5.75 Å². The number of rotatable bonds is 4. The van der Waals surface area contributed by atoms with Gasteiger partial charge in [-0.05, 0) is 0 Å². The van der Waals surface area contributed by atoms with Gasteiger partial charge in [-0.2, -0.15) is 12.6 Å². The second kappa shape index (κ2) is 4.19. The third kappa shape index (κ3) is 2.28. The molecule has 3 N–H and O–H groups in total. The van der Waals surface area contributed by atoms with E-state index in [1.54, 1.807) is 0 Å². The normalized spacial score (nSPS) is 12.2. The van der Waals surface area contributed by atoms with Crippen molar-refractivity contribution in [2.24, 2.45) is 5.84 Å². The van der Waals surface area contributed by atoms with Crippen molar-refractivity contribution in [1.29, 1.82) is 0 Å². The molecule has 4 nitrogen and oxygen atoms in total. The van der Waals surface area contributed by atoms with Gasteiger partial charge in [-0.15, -0.1) is 0 Å². The maximum absolute atomic E-state index is 10.3. The average Bonchev–Trinajstić information content (AvgIpc) is 1.88. The number of aliphatic carboxylic acids is 1. The van der Waals surface area contributed by atoms with Gasteiger partial charge in [0.2, 0.25) is 0 Å². The Morgan fingerprint density at radius 2 is 2.50 bits per heavy atom. The van der Waals surface area contributed by atoms with Crippen LogP contribution in [0.2, 0.25) is 0 Å². The molecule has 1 atom stereocenters. The lowest BCUT2D eigenvalue weighted by Crippen LogP contribution is -2.43. The van der Waals surface area contributed by atoms with Gasteiger partial charge in [0.25, 0.3) is 0 Å². The highest BCUT2D eigenvalue weighted by atomic mass is 32.1. The third-order valence-electron chi connectivity index (χ3n) is 1.03. The molecule has 0 heterocycles. The summed E-state index contributed by atoms with van der Waals surface area (Å²) in [6, 6.07) is -0.791. The first kappa shape index (κ1) is 9.32. The van der Waals surface area contributed by atoms with Crippen molar-refractivity contribution in [3.8, 4) is 0 Å². The summed E-state index contributed by atoms with van der Waals surface area (Å²) in [5, 5.41) is 9.47. The van der Waals surface area contributed by atoms with Gasteiger partial charge < -0.3 is 10.1 Å². The summed E-state index contributed by atoms with van der Waals surface area (Å²) < 4.78 is 0. The highest BCUT2D eigenvalue weighted by Gasteiger charge is 2.18. The molecule has 0 aromatic rings. The van der Waals surface area contributed by atoms with Crippen LogP contribution >= 0.6 is 12.6 Å². The summed E-state index contributed by atoms with van der Waals surface area (Å²) >= 11 is 3.80. The highest BCUT2D eigenvalue weighted by molar-refractivity contribution is 7.80. The zero-order valence-corrected chi connectivity index (χ0v) is 6.29. The number of carboxylic acids is 1. The average molecular weight is 162 g/mol. The Bertz CT molecular complexity index is 140. The largest absolute Gasteiger partial charge is 0.480 e. The van der Waals surface area contributed by atoms with Gasteiger partial charge in [-0.3, -0.25) is 0 Å². The molecule has 0 spiro atoms. The Labute approximate surface area is 64.7 Å². The predicted octanol–water partition coefficient (Wildman–Crippen LogP) is -0.311. The van der Waals surface area contributed by atoms with Crippen LogP contribution < -0.4 is 5.84 Å². The van der Waals surface area contributed by atoms with Gasteiger partial charge in [0.1, 0.15) is 0 Å². The lowest BCUT2D eigenvalue weighted by molar-refractivity contribution is -0.141. The van der Waals surface area contributed by atoms with Crippen LogP contribution in [0.1, 0.15) is 0 Å². The maximum atomic E-state index is 10.3. The number of nitrogens with zero attached hydrogens (tertiary/aromatic N) is 1. The minimum absolute atomic E-state index is 0.165. The quantitative estimate of drug-likeness (QED) is 0.301. The van der Waals surface area contributed by atoms with Crippen LogP contribution in [-0.4, -0.2) is 27.9 Å². The van der Waals surface area contributed by atoms with Crippen LogP contribution in [0.25, 0.3) is 0 Å². The zero-order valence-electron chi connectivity index (χ0n) is 5.40.